The quantitative estimate of drug-likeness (QED) is 0.477. The summed E-state index contributed by atoms with van der Waals surface area (Å²) in [6, 6.07) is -3.23. The summed E-state index contributed by atoms with van der Waals surface area (Å²) in [5, 5.41) is 11.4. The molecule has 2 aliphatic heterocycles. The van der Waals surface area contributed by atoms with Crippen LogP contribution in [0.15, 0.2) is 12.4 Å². The number of aryl methyl sites for hydroxylation is 2. The van der Waals surface area contributed by atoms with Crippen LogP contribution in [0.4, 0.5) is 4.79 Å². The van der Waals surface area contributed by atoms with E-state index in [1.54, 1.807) is 24.1 Å². The highest BCUT2D eigenvalue weighted by molar-refractivity contribution is 7.80. The zero-order chi connectivity index (χ0) is 24.2. The van der Waals surface area contributed by atoms with E-state index in [4.69, 9.17) is 0 Å². The van der Waals surface area contributed by atoms with Crippen LogP contribution in [0.5, 0.6) is 0 Å². The van der Waals surface area contributed by atoms with Gasteiger partial charge in [0.1, 0.15) is 6.04 Å². The molecule has 0 spiro atoms. The van der Waals surface area contributed by atoms with Crippen LogP contribution in [0, 0.1) is 0 Å². The number of carbonyl (C=O) groups excluding carboxylic acids is 3. The molecular formula is C17H22N8O7S. The van der Waals surface area contributed by atoms with E-state index in [2.05, 4.69) is 19.8 Å². The number of fused-ring (bicyclic) bond motifs is 4. The van der Waals surface area contributed by atoms with Gasteiger partial charge in [0, 0.05) is 52.1 Å². The molecule has 16 heteroatoms. The first-order valence-corrected chi connectivity index (χ1v) is 11.1. The van der Waals surface area contributed by atoms with Crippen LogP contribution in [0.1, 0.15) is 39.4 Å². The summed E-state index contributed by atoms with van der Waals surface area (Å²) >= 11 is 0. The van der Waals surface area contributed by atoms with Crippen molar-refractivity contribution in [3.63, 3.8) is 0 Å². The first-order chi connectivity index (χ1) is 15.4. The normalized spacial score (nSPS) is 19.6. The Morgan fingerprint density at radius 2 is 2.03 bits per heavy atom. The molecule has 0 saturated carbocycles. The molecular weight excluding hydrogens is 460 g/mol. The Kier molecular flexibility index (Phi) is 5.38. The van der Waals surface area contributed by atoms with Gasteiger partial charge in [0.2, 0.25) is 0 Å². The molecule has 4 rings (SSSR count). The maximum absolute atomic E-state index is 13.0. The van der Waals surface area contributed by atoms with Gasteiger partial charge in [-0.3, -0.25) is 23.5 Å². The number of rotatable bonds is 6. The van der Waals surface area contributed by atoms with Crippen LogP contribution in [0.25, 0.3) is 0 Å². The number of amides is 4. The molecule has 2 N–H and O–H groups in total. The Bertz CT molecular complexity index is 1250. The molecule has 1 fully saturated rings. The Hall–Kier alpha value is -3.50. The van der Waals surface area contributed by atoms with Crippen molar-refractivity contribution in [2.24, 2.45) is 14.1 Å². The molecule has 1 saturated heterocycles. The lowest BCUT2D eigenvalue weighted by Gasteiger charge is -2.32. The van der Waals surface area contributed by atoms with Crippen molar-refractivity contribution < 1.29 is 31.6 Å². The molecule has 0 radical (unpaired) electrons. The first-order valence-electron chi connectivity index (χ1n) is 9.69. The number of hydroxylamine groups is 2. The van der Waals surface area contributed by atoms with E-state index < -0.39 is 40.3 Å². The molecule has 33 heavy (non-hydrogen) atoms. The summed E-state index contributed by atoms with van der Waals surface area (Å²) in [6.07, 6.45) is 3.30. The molecule has 2 bridgehead atoms. The summed E-state index contributed by atoms with van der Waals surface area (Å²) in [6.45, 7) is -0.0147. The average Bonchev–Trinajstić information content (AvgIpc) is 3.37. The second-order valence-electron chi connectivity index (χ2n) is 7.89. The van der Waals surface area contributed by atoms with Crippen molar-refractivity contribution in [1.82, 2.24) is 39.7 Å². The molecule has 2 unspecified atom stereocenters. The van der Waals surface area contributed by atoms with Crippen molar-refractivity contribution in [2.45, 2.75) is 18.6 Å². The van der Waals surface area contributed by atoms with E-state index in [-0.39, 0.29) is 30.0 Å². The zero-order valence-electron chi connectivity index (χ0n) is 18.2. The van der Waals surface area contributed by atoms with Gasteiger partial charge in [-0.15, -0.1) is 4.28 Å². The highest BCUT2D eigenvalue weighted by Crippen LogP contribution is 2.46. The lowest BCUT2D eigenvalue weighted by atomic mass is 9.94. The zero-order valence-corrected chi connectivity index (χ0v) is 19.0. The number of aromatic nitrogens is 4. The minimum Gasteiger partial charge on any atom is -0.347 e. The predicted molar refractivity (Wildman–Crippen MR) is 108 cm³/mol. The van der Waals surface area contributed by atoms with Crippen LogP contribution < -0.4 is 5.32 Å². The van der Waals surface area contributed by atoms with E-state index in [0.717, 1.165) is 10.5 Å². The summed E-state index contributed by atoms with van der Waals surface area (Å²) in [7, 11) is 1.18. The van der Waals surface area contributed by atoms with E-state index in [0.29, 0.717) is 5.06 Å². The van der Waals surface area contributed by atoms with Crippen LogP contribution in [-0.4, -0.2) is 85.9 Å². The third-order valence-corrected chi connectivity index (χ3v) is 5.75. The maximum Gasteiger partial charge on any atom is 0.418 e. The monoisotopic (exact) mass is 482 g/mol. The molecule has 2 aromatic rings. The van der Waals surface area contributed by atoms with Crippen molar-refractivity contribution in [2.75, 3.05) is 20.6 Å². The molecule has 178 valence electrons. The highest BCUT2D eigenvalue weighted by Gasteiger charge is 2.55. The standard InChI is InChI=1S/C17H22N8O7S/c1-21(2)16(27)14-13-11(10-8-24(14)17(28)25(10)32-33(29,30)31)12(20-23(13)4)15(26)18-5-9-6-19-22(3)7-9/h6-7,10,14H,5,8H2,1-4H3,(H,18,26)(H,29,30,31). The minimum absolute atomic E-state index is 0.101. The molecule has 2 atom stereocenters. The molecule has 4 heterocycles. The Balaban J connectivity index is 1.77. The van der Waals surface area contributed by atoms with Gasteiger partial charge in [0.25, 0.3) is 11.8 Å². The van der Waals surface area contributed by atoms with Crippen molar-refractivity contribution >= 4 is 28.2 Å². The average molecular weight is 482 g/mol. The fourth-order valence-corrected chi connectivity index (χ4v) is 4.42. The number of urea groups is 1. The summed E-state index contributed by atoms with van der Waals surface area (Å²) in [5.41, 5.74) is 1.03. The van der Waals surface area contributed by atoms with E-state index >= 15 is 0 Å². The number of nitrogens with one attached hydrogen (secondary N) is 1. The predicted octanol–water partition coefficient (Wildman–Crippen LogP) is -1.26. The lowest BCUT2D eigenvalue weighted by molar-refractivity contribution is -0.134. The lowest BCUT2D eigenvalue weighted by Crippen LogP contribution is -2.44. The van der Waals surface area contributed by atoms with Crippen molar-refractivity contribution in [3.05, 3.63) is 34.9 Å². The third-order valence-electron chi connectivity index (χ3n) is 5.40. The minimum atomic E-state index is -5.06. The van der Waals surface area contributed by atoms with E-state index in [1.807, 2.05) is 0 Å². The Morgan fingerprint density at radius 1 is 1.33 bits per heavy atom. The molecule has 2 aromatic heterocycles. The van der Waals surface area contributed by atoms with Gasteiger partial charge in [-0.2, -0.15) is 23.7 Å². The van der Waals surface area contributed by atoms with Gasteiger partial charge < -0.3 is 15.1 Å². The number of nitrogens with zero attached hydrogens (tertiary/aromatic N) is 7. The molecule has 0 aromatic carbocycles. The number of hydrogen-bond acceptors (Lipinski definition) is 8. The fourth-order valence-electron chi connectivity index (χ4n) is 4.05. The smallest absolute Gasteiger partial charge is 0.347 e. The van der Waals surface area contributed by atoms with E-state index in [1.165, 1.54) is 30.7 Å². The Morgan fingerprint density at radius 3 is 2.61 bits per heavy atom. The first kappa shape index (κ1) is 22.7. The van der Waals surface area contributed by atoms with Gasteiger partial charge in [-0.1, -0.05) is 0 Å². The second-order valence-corrected chi connectivity index (χ2v) is 8.89. The SMILES string of the molecule is CN(C)C(=O)C1c2c(c(C(=O)NCc3cnn(C)c3)nn2C)C2CN1C(=O)N2OS(=O)(=O)O. The van der Waals surface area contributed by atoms with E-state index in [9.17, 15) is 27.4 Å². The topological polar surface area (TPSA) is 172 Å². The number of hydrogen-bond donors (Lipinski definition) is 2. The fraction of sp³-hybridized carbons (Fsp3) is 0.471. The summed E-state index contributed by atoms with van der Waals surface area (Å²) < 4.78 is 39.3. The van der Waals surface area contributed by atoms with Crippen LogP contribution >= 0.6 is 0 Å². The number of likely N-dealkylation sites (N-methyl/N-ethyl adjacent to an activating group) is 1. The number of carbonyl (C=O) groups is 3. The summed E-state index contributed by atoms with van der Waals surface area (Å²) in [4.78, 5) is 41.3. The van der Waals surface area contributed by atoms with Gasteiger partial charge in [-0.25, -0.2) is 4.79 Å². The third kappa shape index (κ3) is 3.91. The van der Waals surface area contributed by atoms with Crippen LogP contribution in [0.3, 0.4) is 0 Å². The maximum atomic E-state index is 13.0. The molecule has 15 nitrogen and oxygen atoms in total. The van der Waals surface area contributed by atoms with Crippen LogP contribution in [0.2, 0.25) is 0 Å². The van der Waals surface area contributed by atoms with Gasteiger partial charge >= 0.3 is 16.4 Å². The van der Waals surface area contributed by atoms with Gasteiger partial charge in [-0.05, 0) is 0 Å². The largest absolute Gasteiger partial charge is 0.418 e. The van der Waals surface area contributed by atoms with Crippen molar-refractivity contribution in [1.29, 1.82) is 0 Å². The molecule has 0 aliphatic carbocycles. The van der Waals surface area contributed by atoms with Crippen LogP contribution in [-0.2, 0) is 40.1 Å². The van der Waals surface area contributed by atoms with Crippen molar-refractivity contribution in [3.8, 4) is 0 Å². The summed E-state index contributed by atoms with van der Waals surface area (Å²) in [5.74, 6) is -1.09. The van der Waals surface area contributed by atoms with Gasteiger partial charge in [0.05, 0.1) is 18.4 Å². The van der Waals surface area contributed by atoms with Gasteiger partial charge in [0.15, 0.2) is 11.7 Å². The highest BCUT2D eigenvalue weighted by atomic mass is 32.3. The molecule has 2 aliphatic rings. The Labute approximate surface area is 188 Å². The second kappa shape index (κ2) is 7.82. The molecule has 4 amide bonds.